The second-order valence-corrected chi connectivity index (χ2v) is 12.1. The molecule has 8 heteroatoms. The van der Waals surface area contributed by atoms with Crippen molar-refractivity contribution in [1.29, 1.82) is 0 Å². The van der Waals surface area contributed by atoms with E-state index in [2.05, 4.69) is 5.32 Å². The maximum absolute atomic E-state index is 15.7. The first kappa shape index (κ1) is 32.7. The molecule has 0 aliphatic heterocycles. The largest absolute Gasteiger partial charge is 0.481 e. The van der Waals surface area contributed by atoms with Crippen LogP contribution in [0.4, 0.5) is 4.39 Å². The van der Waals surface area contributed by atoms with E-state index in [0.717, 1.165) is 34.4 Å². The monoisotopic (exact) mass is 577 g/mol. The molecule has 0 aliphatic rings. The van der Waals surface area contributed by atoms with E-state index in [1.165, 1.54) is 4.57 Å². The zero-order valence-electron chi connectivity index (χ0n) is 26.0. The number of hydrogen-bond donors (Lipinski definition) is 2. The lowest BCUT2D eigenvalue weighted by atomic mass is 9.90. The lowest BCUT2D eigenvalue weighted by Gasteiger charge is -2.26. The fraction of sp³-hybridized carbons (Fsp3) is 0.441. The van der Waals surface area contributed by atoms with E-state index in [0.29, 0.717) is 24.0 Å². The van der Waals surface area contributed by atoms with Crippen LogP contribution in [0.25, 0.3) is 11.1 Å². The number of aryl methyl sites for hydroxylation is 4. The first-order valence-electron chi connectivity index (χ1n) is 14.4. The van der Waals surface area contributed by atoms with Gasteiger partial charge in [0.25, 0.3) is 5.56 Å². The molecular weight excluding hydrogens is 533 g/mol. The molecule has 2 unspecified atom stereocenters. The van der Waals surface area contributed by atoms with E-state index in [1.807, 2.05) is 71.0 Å². The molecule has 7 nitrogen and oxygen atoms in total. The van der Waals surface area contributed by atoms with Gasteiger partial charge in [-0.25, -0.2) is 4.39 Å². The molecule has 1 amide bonds. The van der Waals surface area contributed by atoms with Gasteiger partial charge in [0.05, 0.1) is 12.5 Å². The lowest BCUT2D eigenvalue weighted by Crippen LogP contribution is -2.41. The number of aliphatic carboxylic acids is 1. The fourth-order valence-electron chi connectivity index (χ4n) is 5.48. The van der Waals surface area contributed by atoms with E-state index in [9.17, 15) is 19.5 Å². The highest BCUT2D eigenvalue weighted by molar-refractivity contribution is 5.82. The van der Waals surface area contributed by atoms with Crippen molar-refractivity contribution >= 4 is 11.9 Å². The molecule has 0 saturated carbocycles. The summed E-state index contributed by atoms with van der Waals surface area (Å²) in [5, 5.41) is 12.6. The number of aromatic nitrogens is 1. The summed E-state index contributed by atoms with van der Waals surface area (Å²) in [5.41, 5.74) is 5.34. The predicted octanol–water partition coefficient (Wildman–Crippen LogP) is 5.91. The molecule has 2 aromatic carbocycles. The Kier molecular flexibility index (Phi) is 10.9. The molecule has 3 rings (SSSR count). The number of likely N-dealkylation sites (N-methyl/N-ethyl adjacent to an activating group) is 1. The summed E-state index contributed by atoms with van der Waals surface area (Å²) in [4.78, 5) is 41.3. The molecule has 0 saturated heterocycles. The second-order valence-electron chi connectivity index (χ2n) is 12.1. The van der Waals surface area contributed by atoms with Crippen molar-refractivity contribution in [3.05, 3.63) is 92.1 Å². The van der Waals surface area contributed by atoms with E-state index < -0.39 is 36.2 Å². The molecule has 2 N–H and O–H groups in total. The van der Waals surface area contributed by atoms with Crippen LogP contribution in [0.5, 0.6) is 0 Å². The molecule has 0 radical (unpaired) electrons. The SMILES string of the molecule is Cc1cc(-c2c(C)cccc2C)cc(C(CC(=O)O)NC(=O)C(CC(C)C)n2cc(CCN(C)C)cc(C)c2=O)c1F. The van der Waals surface area contributed by atoms with Crippen LogP contribution in [0.2, 0.25) is 0 Å². The van der Waals surface area contributed by atoms with Gasteiger partial charge in [0.2, 0.25) is 5.91 Å². The highest BCUT2D eigenvalue weighted by Crippen LogP contribution is 2.33. The molecule has 0 fully saturated rings. The zero-order chi connectivity index (χ0) is 31.3. The normalized spacial score (nSPS) is 12.9. The number of halogens is 1. The van der Waals surface area contributed by atoms with Crippen molar-refractivity contribution in [2.24, 2.45) is 5.92 Å². The summed E-state index contributed by atoms with van der Waals surface area (Å²) in [7, 11) is 3.94. The van der Waals surface area contributed by atoms with Crippen molar-refractivity contribution in [3.63, 3.8) is 0 Å². The third-order valence-corrected chi connectivity index (χ3v) is 7.58. The van der Waals surface area contributed by atoms with Crippen LogP contribution < -0.4 is 10.9 Å². The number of carbonyl (C=O) groups excluding carboxylic acids is 1. The maximum Gasteiger partial charge on any atom is 0.305 e. The Balaban J connectivity index is 2.10. The molecule has 1 heterocycles. The van der Waals surface area contributed by atoms with Gasteiger partial charge in [0, 0.05) is 23.9 Å². The number of hydrogen-bond acceptors (Lipinski definition) is 4. The molecule has 226 valence electrons. The van der Waals surface area contributed by atoms with Crippen LogP contribution in [-0.4, -0.2) is 47.1 Å². The van der Waals surface area contributed by atoms with Gasteiger partial charge < -0.3 is 19.9 Å². The lowest BCUT2D eigenvalue weighted by molar-refractivity contribution is -0.138. The van der Waals surface area contributed by atoms with Gasteiger partial charge in [0.15, 0.2) is 0 Å². The van der Waals surface area contributed by atoms with Crippen LogP contribution in [0.15, 0.2) is 47.4 Å². The molecular formula is C34H44FN3O4. The minimum Gasteiger partial charge on any atom is -0.481 e. The number of benzene rings is 2. The Morgan fingerprint density at radius 1 is 1.00 bits per heavy atom. The van der Waals surface area contributed by atoms with Crippen LogP contribution in [0.1, 0.15) is 72.2 Å². The molecule has 3 aromatic rings. The van der Waals surface area contributed by atoms with Gasteiger partial charge >= 0.3 is 5.97 Å². The van der Waals surface area contributed by atoms with Crippen molar-refractivity contribution < 1.29 is 19.1 Å². The Morgan fingerprint density at radius 2 is 1.64 bits per heavy atom. The number of pyridine rings is 1. The van der Waals surface area contributed by atoms with Crippen LogP contribution in [0, 0.1) is 39.4 Å². The van der Waals surface area contributed by atoms with Crippen molar-refractivity contribution in [2.45, 2.75) is 72.9 Å². The Labute approximate surface area is 248 Å². The van der Waals surface area contributed by atoms with Gasteiger partial charge in [-0.2, -0.15) is 0 Å². The summed E-state index contributed by atoms with van der Waals surface area (Å²) in [6.07, 6.45) is 2.26. The van der Waals surface area contributed by atoms with Crippen molar-refractivity contribution in [1.82, 2.24) is 14.8 Å². The summed E-state index contributed by atoms with van der Waals surface area (Å²) in [5.74, 6) is -2.19. The van der Waals surface area contributed by atoms with Gasteiger partial charge in [-0.15, -0.1) is 0 Å². The number of carboxylic acids is 1. The van der Waals surface area contributed by atoms with Gasteiger partial charge in [-0.3, -0.25) is 14.4 Å². The number of carboxylic acid groups (broad SMARTS) is 1. The molecule has 1 aromatic heterocycles. The first-order valence-corrected chi connectivity index (χ1v) is 14.4. The number of carbonyl (C=O) groups is 2. The molecule has 0 bridgehead atoms. The molecule has 42 heavy (non-hydrogen) atoms. The van der Waals surface area contributed by atoms with Crippen LogP contribution in [0.3, 0.4) is 0 Å². The van der Waals surface area contributed by atoms with E-state index in [-0.39, 0.29) is 17.0 Å². The third kappa shape index (κ3) is 7.94. The van der Waals surface area contributed by atoms with E-state index in [1.54, 1.807) is 32.2 Å². The van der Waals surface area contributed by atoms with Crippen molar-refractivity contribution in [2.75, 3.05) is 20.6 Å². The van der Waals surface area contributed by atoms with E-state index in [4.69, 9.17) is 0 Å². The topological polar surface area (TPSA) is 91.6 Å². The predicted molar refractivity (Wildman–Crippen MR) is 165 cm³/mol. The fourth-order valence-corrected chi connectivity index (χ4v) is 5.48. The average Bonchev–Trinajstić information content (AvgIpc) is 2.89. The summed E-state index contributed by atoms with van der Waals surface area (Å²) >= 11 is 0. The Bertz CT molecular complexity index is 1490. The third-order valence-electron chi connectivity index (χ3n) is 7.58. The zero-order valence-corrected chi connectivity index (χ0v) is 26.0. The summed E-state index contributed by atoms with van der Waals surface area (Å²) < 4.78 is 17.2. The number of rotatable bonds is 12. The quantitative estimate of drug-likeness (QED) is 0.279. The van der Waals surface area contributed by atoms with E-state index >= 15 is 4.39 Å². The average molecular weight is 578 g/mol. The summed E-state index contributed by atoms with van der Waals surface area (Å²) in [6, 6.07) is 9.10. The minimum atomic E-state index is -1.17. The highest BCUT2D eigenvalue weighted by atomic mass is 19.1. The van der Waals surface area contributed by atoms with Crippen molar-refractivity contribution in [3.8, 4) is 11.1 Å². The highest BCUT2D eigenvalue weighted by Gasteiger charge is 2.29. The second kappa shape index (κ2) is 13.9. The number of nitrogens with one attached hydrogen (secondary N) is 1. The standard InChI is InChI=1S/C34H44FN3O4/c1-20(2)14-29(38-19-25(12-13-37(7)8)15-24(6)34(38)42)33(41)36-28(18-30(39)40)27-17-26(16-23(5)32(27)35)31-21(3)10-9-11-22(31)4/h9-11,15-17,19-20,28-29H,12-14,18H2,1-8H3,(H,36,41)(H,39,40). The van der Waals surface area contributed by atoms with Gasteiger partial charge in [-0.05, 0) is 112 Å². The van der Waals surface area contributed by atoms with Gasteiger partial charge in [-0.1, -0.05) is 32.0 Å². The minimum absolute atomic E-state index is 0.0580. The van der Waals surface area contributed by atoms with Gasteiger partial charge in [0.1, 0.15) is 11.9 Å². The number of amides is 1. The van der Waals surface area contributed by atoms with Crippen LogP contribution in [-0.2, 0) is 16.0 Å². The molecule has 2 atom stereocenters. The molecule has 0 spiro atoms. The molecule has 0 aliphatic carbocycles. The first-order chi connectivity index (χ1) is 19.7. The summed E-state index contributed by atoms with van der Waals surface area (Å²) in [6.45, 7) is 12.0. The Hall–Kier alpha value is -3.78. The number of nitrogens with zero attached hydrogens (tertiary/aromatic N) is 2. The maximum atomic E-state index is 15.7. The smallest absolute Gasteiger partial charge is 0.305 e. The van der Waals surface area contributed by atoms with Crippen LogP contribution >= 0.6 is 0 Å². The Morgan fingerprint density at radius 3 is 2.21 bits per heavy atom.